The summed E-state index contributed by atoms with van der Waals surface area (Å²) in [5.74, 6) is 0. The van der Waals surface area contributed by atoms with Crippen LogP contribution in [-0.2, 0) is 6.54 Å². The van der Waals surface area contributed by atoms with Gasteiger partial charge in [-0.05, 0) is 5.56 Å². The van der Waals surface area contributed by atoms with Gasteiger partial charge in [0.2, 0.25) is 0 Å². The van der Waals surface area contributed by atoms with E-state index in [9.17, 15) is 4.79 Å². The molecule has 0 spiro atoms. The first-order chi connectivity index (χ1) is 8.16. The minimum atomic E-state index is 0.00408. The summed E-state index contributed by atoms with van der Waals surface area (Å²) in [6.07, 6.45) is 0. The predicted octanol–water partition coefficient (Wildman–Crippen LogP) is 2.60. The largest absolute Gasteiger partial charge is 0.312 e. The summed E-state index contributed by atoms with van der Waals surface area (Å²) in [6, 6.07) is 10.4. The van der Waals surface area contributed by atoms with Crippen LogP contribution < -0.4 is 10.2 Å². The minimum absolute atomic E-state index is 0.00408. The Hall–Kier alpha value is -1.39. The zero-order valence-electron chi connectivity index (χ0n) is 9.99. The number of aromatic nitrogens is 1. The van der Waals surface area contributed by atoms with Crippen LogP contribution >= 0.6 is 11.3 Å². The molecule has 4 heteroatoms. The van der Waals surface area contributed by atoms with Crippen LogP contribution in [0.1, 0.15) is 18.7 Å². The molecular weight excluding hydrogens is 232 g/mol. The lowest BCUT2D eigenvalue weighted by Gasteiger charge is -2.07. The van der Waals surface area contributed by atoms with Gasteiger partial charge in [0.15, 0.2) is 0 Å². The number of nitrogens with one attached hydrogen (secondary N) is 2. The fourth-order valence-electron chi connectivity index (χ4n) is 1.62. The Morgan fingerprint density at radius 3 is 2.65 bits per heavy atom. The van der Waals surface area contributed by atoms with Gasteiger partial charge < -0.3 is 10.3 Å². The number of hydrogen-bond donors (Lipinski definition) is 2. The van der Waals surface area contributed by atoms with E-state index in [0.717, 1.165) is 22.7 Å². The minimum Gasteiger partial charge on any atom is -0.312 e. The first-order valence-corrected chi connectivity index (χ1v) is 6.49. The van der Waals surface area contributed by atoms with Crippen LogP contribution in [0.4, 0.5) is 0 Å². The van der Waals surface area contributed by atoms with Crippen molar-refractivity contribution in [2.45, 2.75) is 26.4 Å². The van der Waals surface area contributed by atoms with Gasteiger partial charge in [-0.15, -0.1) is 0 Å². The lowest BCUT2D eigenvalue weighted by atomic mass is 10.1. The van der Waals surface area contributed by atoms with E-state index in [4.69, 9.17) is 0 Å². The van der Waals surface area contributed by atoms with Crippen molar-refractivity contribution in [1.29, 1.82) is 0 Å². The van der Waals surface area contributed by atoms with Crippen molar-refractivity contribution >= 4 is 11.3 Å². The third kappa shape index (κ3) is 3.05. The SMILES string of the molecule is CC(C)NCc1sc(=O)[nH]c1-c1ccccc1. The molecule has 3 nitrogen and oxygen atoms in total. The maximum absolute atomic E-state index is 11.5. The van der Waals surface area contributed by atoms with Gasteiger partial charge in [-0.1, -0.05) is 55.5 Å². The van der Waals surface area contributed by atoms with E-state index < -0.39 is 0 Å². The zero-order chi connectivity index (χ0) is 12.3. The molecule has 0 radical (unpaired) electrons. The maximum atomic E-state index is 11.5. The Morgan fingerprint density at radius 2 is 2.00 bits per heavy atom. The van der Waals surface area contributed by atoms with Gasteiger partial charge in [-0.3, -0.25) is 4.79 Å². The van der Waals surface area contributed by atoms with Crippen LogP contribution in [0, 0.1) is 0 Å². The zero-order valence-corrected chi connectivity index (χ0v) is 10.8. The van der Waals surface area contributed by atoms with E-state index in [1.54, 1.807) is 0 Å². The number of benzene rings is 1. The Balaban J connectivity index is 2.31. The molecule has 0 amide bonds. The normalized spacial score (nSPS) is 11.0. The highest BCUT2D eigenvalue weighted by atomic mass is 32.1. The lowest BCUT2D eigenvalue weighted by Crippen LogP contribution is -2.21. The van der Waals surface area contributed by atoms with Crippen molar-refractivity contribution in [2.24, 2.45) is 0 Å². The lowest BCUT2D eigenvalue weighted by molar-refractivity contribution is 0.593. The van der Waals surface area contributed by atoms with Gasteiger partial charge in [0.05, 0.1) is 5.69 Å². The van der Waals surface area contributed by atoms with Crippen LogP contribution in [0.2, 0.25) is 0 Å². The molecule has 0 atom stereocenters. The summed E-state index contributed by atoms with van der Waals surface area (Å²) in [5, 5.41) is 3.34. The third-order valence-electron chi connectivity index (χ3n) is 2.46. The van der Waals surface area contributed by atoms with E-state index in [2.05, 4.69) is 24.1 Å². The molecule has 2 rings (SSSR count). The first-order valence-electron chi connectivity index (χ1n) is 5.67. The first kappa shape index (κ1) is 12.1. The average molecular weight is 248 g/mol. The van der Waals surface area contributed by atoms with E-state index in [1.165, 1.54) is 11.3 Å². The van der Waals surface area contributed by atoms with Crippen molar-refractivity contribution in [3.8, 4) is 11.3 Å². The van der Waals surface area contributed by atoms with Gasteiger partial charge in [0, 0.05) is 17.5 Å². The highest BCUT2D eigenvalue weighted by molar-refractivity contribution is 7.09. The molecule has 1 heterocycles. The summed E-state index contributed by atoms with van der Waals surface area (Å²) in [6.45, 7) is 4.92. The van der Waals surface area contributed by atoms with E-state index in [0.29, 0.717) is 6.04 Å². The molecule has 1 aromatic heterocycles. The molecule has 0 unspecified atom stereocenters. The molecule has 0 aliphatic carbocycles. The molecule has 0 fully saturated rings. The van der Waals surface area contributed by atoms with E-state index in [-0.39, 0.29) is 4.87 Å². The van der Waals surface area contributed by atoms with Gasteiger partial charge in [-0.25, -0.2) is 0 Å². The van der Waals surface area contributed by atoms with Crippen LogP contribution in [0.15, 0.2) is 35.1 Å². The number of aromatic amines is 1. The van der Waals surface area contributed by atoms with E-state index >= 15 is 0 Å². The van der Waals surface area contributed by atoms with Gasteiger partial charge in [0.25, 0.3) is 0 Å². The summed E-state index contributed by atoms with van der Waals surface area (Å²) in [4.78, 5) is 15.4. The monoisotopic (exact) mass is 248 g/mol. The molecule has 0 bridgehead atoms. The van der Waals surface area contributed by atoms with E-state index in [1.807, 2.05) is 30.3 Å². The molecule has 0 aliphatic rings. The fourth-order valence-corrected chi connectivity index (χ4v) is 2.42. The smallest absolute Gasteiger partial charge is 0.305 e. The van der Waals surface area contributed by atoms with Crippen molar-refractivity contribution in [1.82, 2.24) is 10.3 Å². The second kappa shape index (κ2) is 5.29. The third-order valence-corrected chi connectivity index (χ3v) is 3.34. The molecule has 17 heavy (non-hydrogen) atoms. The summed E-state index contributed by atoms with van der Waals surface area (Å²) in [7, 11) is 0. The Morgan fingerprint density at radius 1 is 1.29 bits per heavy atom. The number of hydrogen-bond acceptors (Lipinski definition) is 3. The van der Waals surface area contributed by atoms with Crippen LogP contribution in [0.25, 0.3) is 11.3 Å². The van der Waals surface area contributed by atoms with Gasteiger partial charge in [-0.2, -0.15) is 0 Å². The molecule has 0 saturated heterocycles. The molecular formula is C13H16N2OS. The number of rotatable bonds is 4. The topological polar surface area (TPSA) is 44.9 Å². The maximum Gasteiger partial charge on any atom is 0.305 e. The predicted molar refractivity (Wildman–Crippen MR) is 72.4 cm³/mol. The van der Waals surface area contributed by atoms with Gasteiger partial charge >= 0.3 is 4.87 Å². The fraction of sp³-hybridized carbons (Fsp3) is 0.308. The molecule has 2 aromatic rings. The Labute approximate surface area is 105 Å². The standard InChI is InChI=1S/C13H16N2OS/c1-9(2)14-8-11-12(15-13(16)17-11)10-6-4-3-5-7-10/h3-7,9,14H,8H2,1-2H3,(H,15,16). The van der Waals surface area contributed by atoms with Crippen molar-refractivity contribution < 1.29 is 0 Å². The number of thiazole rings is 1. The molecule has 1 aromatic carbocycles. The average Bonchev–Trinajstić information content (AvgIpc) is 2.69. The second-order valence-electron chi connectivity index (χ2n) is 4.21. The number of H-pyrrole nitrogens is 1. The van der Waals surface area contributed by atoms with Crippen LogP contribution in [0.5, 0.6) is 0 Å². The van der Waals surface area contributed by atoms with Crippen LogP contribution in [0.3, 0.4) is 0 Å². The molecule has 0 saturated carbocycles. The second-order valence-corrected chi connectivity index (χ2v) is 5.28. The Bertz CT molecular complexity index is 528. The van der Waals surface area contributed by atoms with Crippen molar-refractivity contribution in [3.63, 3.8) is 0 Å². The molecule has 90 valence electrons. The summed E-state index contributed by atoms with van der Waals surface area (Å²) >= 11 is 1.28. The summed E-state index contributed by atoms with van der Waals surface area (Å²) < 4.78 is 0. The van der Waals surface area contributed by atoms with Crippen molar-refractivity contribution in [3.05, 3.63) is 44.9 Å². The van der Waals surface area contributed by atoms with Crippen LogP contribution in [-0.4, -0.2) is 11.0 Å². The summed E-state index contributed by atoms with van der Waals surface area (Å²) in [5.41, 5.74) is 2.00. The Kier molecular flexibility index (Phi) is 3.76. The highest BCUT2D eigenvalue weighted by Crippen LogP contribution is 2.22. The van der Waals surface area contributed by atoms with Gasteiger partial charge in [0.1, 0.15) is 0 Å². The molecule has 2 N–H and O–H groups in total. The van der Waals surface area contributed by atoms with Crippen molar-refractivity contribution in [2.75, 3.05) is 0 Å². The molecule has 0 aliphatic heterocycles. The quantitative estimate of drug-likeness (QED) is 0.873. The highest BCUT2D eigenvalue weighted by Gasteiger charge is 2.09.